The maximum atomic E-state index is 11.9. The van der Waals surface area contributed by atoms with Crippen molar-refractivity contribution in [3.63, 3.8) is 0 Å². The highest BCUT2D eigenvalue weighted by Crippen LogP contribution is 2.31. The Balaban J connectivity index is 0.00000144. The van der Waals surface area contributed by atoms with Gasteiger partial charge in [0.25, 0.3) is 0 Å². The van der Waals surface area contributed by atoms with Crippen molar-refractivity contribution in [2.75, 3.05) is 5.32 Å². The highest BCUT2D eigenvalue weighted by Gasteiger charge is 2.40. The summed E-state index contributed by atoms with van der Waals surface area (Å²) in [4.78, 5) is 11.9. The van der Waals surface area contributed by atoms with Crippen molar-refractivity contribution in [3.8, 4) is 0 Å². The number of nitrogens with two attached hydrogens (primary N) is 1. The van der Waals surface area contributed by atoms with Gasteiger partial charge in [0.05, 0.1) is 5.54 Å². The Morgan fingerprint density at radius 1 is 1.47 bits per heavy atom. The van der Waals surface area contributed by atoms with Crippen LogP contribution in [0, 0.1) is 6.92 Å². The maximum absolute atomic E-state index is 11.9. The van der Waals surface area contributed by atoms with Crippen molar-refractivity contribution >= 4 is 35.6 Å². The summed E-state index contributed by atoms with van der Waals surface area (Å²) < 4.78 is 0. The lowest BCUT2D eigenvalue weighted by atomic mass is 9.77. The van der Waals surface area contributed by atoms with Crippen molar-refractivity contribution < 1.29 is 4.79 Å². The molecule has 1 saturated carbocycles. The van der Waals surface area contributed by atoms with E-state index in [1.165, 1.54) is 0 Å². The van der Waals surface area contributed by atoms with E-state index < -0.39 is 5.54 Å². The Bertz CT molecular complexity index is 431. The number of carbonyl (C=O) groups is 1. The lowest BCUT2D eigenvalue weighted by molar-refractivity contribution is -0.123. The predicted molar refractivity (Wildman–Crippen MR) is 72.8 cm³/mol. The minimum absolute atomic E-state index is 0. The van der Waals surface area contributed by atoms with Gasteiger partial charge in [-0.1, -0.05) is 17.7 Å². The minimum Gasteiger partial charge on any atom is -0.324 e. The molecule has 0 bridgehead atoms. The average molecular weight is 275 g/mol. The molecule has 0 heterocycles. The third kappa shape index (κ3) is 2.73. The smallest absolute Gasteiger partial charge is 0.244 e. The topological polar surface area (TPSA) is 55.1 Å². The van der Waals surface area contributed by atoms with Crippen LogP contribution in [0.25, 0.3) is 0 Å². The fourth-order valence-electron chi connectivity index (χ4n) is 1.77. The summed E-state index contributed by atoms with van der Waals surface area (Å²) in [5.41, 5.74) is 6.89. The first-order valence-electron chi connectivity index (χ1n) is 5.38. The molecule has 5 heteroatoms. The average Bonchev–Trinajstić information content (AvgIpc) is 2.21. The number of halogens is 2. The molecule has 0 atom stereocenters. The van der Waals surface area contributed by atoms with E-state index in [-0.39, 0.29) is 18.3 Å². The molecular formula is C12H16Cl2N2O. The Labute approximate surface area is 112 Å². The first kappa shape index (κ1) is 14.3. The lowest BCUT2D eigenvalue weighted by Crippen LogP contribution is -2.56. The molecule has 0 unspecified atom stereocenters. The van der Waals surface area contributed by atoms with E-state index >= 15 is 0 Å². The zero-order chi connectivity index (χ0) is 11.8. The van der Waals surface area contributed by atoms with Crippen LogP contribution in [-0.4, -0.2) is 11.4 Å². The first-order chi connectivity index (χ1) is 7.53. The number of nitrogens with one attached hydrogen (secondary N) is 1. The number of carbonyl (C=O) groups excluding carboxylic acids is 1. The molecule has 1 fully saturated rings. The quantitative estimate of drug-likeness (QED) is 0.872. The normalized spacial score (nSPS) is 16.6. The molecule has 17 heavy (non-hydrogen) atoms. The Morgan fingerprint density at radius 2 is 2.12 bits per heavy atom. The van der Waals surface area contributed by atoms with Gasteiger partial charge in [-0.15, -0.1) is 12.4 Å². The fraction of sp³-hybridized carbons (Fsp3) is 0.417. The van der Waals surface area contributed by atoms with E-state index in [4.69, 9.17) is 17.3 Å². The maximum Gasteiger partial charge on any atom is 0.244 e. The zero-order valence-electron chi connectivity index (χ0n) is 9.63. The van der Waals surface area contributed by atoms with Gasteiger partial charge in [0, 0.05) is 10.7 Å². The number of benzene rings is 1. The molecule has 3 N–H and O–H groups in total. The van der Waals surface area contributed by atoms with Gasteiger partial charge in [-0.05, 0) is 43.9 Å². The molecule has 1 aliphatic carbocycles. The molecule has 0 radical (unpaired) electrons. The molecule has 0 aromatic heterocycles. The molecular weight excluding hydrogens is 259 g/mol. The summed E-state index contributed by atoms with van der Waals surface area (Å²) >= 11 is 5.98. The van der Waals surface area contributed by atoms with Gasteiger partial charge in [-0.3, -0.25) is 4.79 Å². The van der Waals surface area contributed by atoms with Crippen LogP contribution in [0.1, 0.15) is 24.8 Å². The minimum atomic E-state index is -0.672. The van der Waals surface area contributed by atoms with Crippen LogP contribution in [0.2, 0.25) is 5.02 Å². The van der Waals surface area contributed by atoms with Crippen LogP contribution in [0.15, 0.2) is 18.2 Å². The standard InChI is InChI=1S/C12H15ClN2O.ClH/c1-8-9(13)4-2-5-10(8)15-11(16)12(14)6-3-7-12;/h2,4-5H,3,6-7,14H2,1H3,(H,15,16);1H. The number of rotatable bonds is 2. The van der Waals surface area contributed by atoms with Crippen molar-refractivity contribution in [1.29, 1.82) is 0 Å². The van der Waals surface area contributed by atoms with Crippen molar-refractivity contribution in [1.82, 2.24) is 0 Å². The van der Waals surface area contributed by atoms with Crippen molar-refractivity contribution in [3.05, 3.63) is 28.8 Å². The lowest BCUT2D eigenvalue weighted by Gasteiger charge is -2.36. The fourth-order valence-corrected chi connectivity index (χ4v) is 1.95. The van der Waals surface area contributed by atoms with Gasteiger partial charge in [0.1, 0.15) is 0 Å². The van der Waals surface area contributed by atoms with E-state index in [1.807, 2.05) is 19.1 Å². The second-order valence-electron chi connectivity index (χ2n) is 4.38. The van der Waals surface area contributed by atoms with Crippen LogP contribution in [0.3, 0.4) is 0 Å². The highest BCUT2D eigenvalue weighted by molar-refractivity contribution is 6.31. The van der Waals surface area contributed by atoms with E-state index in [1.54, 1.807) is 6.07 Å². The second kappa shape index (κ2) is 5.25. The molecule has 1 aromatic rings. The molecule has 1 amide bonds. The van der Waals surface area contributed by atoms with Crippen LogP contribution in [0.4, 0.5) is 5.69 Å². The molecule has 0 saturated heterocycles. The van der Waals surface area contributed by atoms with Gasteiger partial charge < -0.3 is 11.1 Å². The summed E-state index contributed by atoms with van der Waals surface area (Å²) in [7, 11) is 0. The monoisotopic (exact) mass is 274 g/mol. The summed E-state index contributed by atoms with van der Waals surface area (Å²) in [5, 5.41) is 3.50. The number of amides is 1. The predicted octanol–water partition coefficient (Wildman–Crippen LogP) is 2.89. The second-order valence-corrected chi connectivity index (χ2v) is 4.78. The van der Waals surface area contributed by atoms with E-state index in [2.05, 4.69) is 5.32 Å². The molecule has 2 rings (SSSR count). The molecule has 0 spiro atoms. The summed E-state index contributed by atoms with van der Waals surface area (Å²) in [6.45, 7) is 1.88. The largest absolute Gasteiger partial charge is 0.324 e. The molecule has 3 nitrogen and oxygen atoms in total. The van der Waals surface area contributed by atoms with Crippen molar-refractivity contribution in [2.24, 2.45) is 5.73 Å². The van der Waals surface area contributed by atoms with Gasteiger partial charge >= 0.3 is 0 Å². The molecule has 1 aromatic carbocycles. The SMILES string of the molecule is Cc1c(Cl)cccc1NC(=O)C1(N)CCC1.Cl. The van der Waals surface area contributed by atoms with Crippen LogP contribution in [0.5, 0.6) is 0 Å². The molecule has 94 valence electrons. The Morgan fingerprint density at radius 3 is 2.65 bits per heavy atom. The number of anilines is 1. The third-order valence-corrected chi connectivity index (χ3v) is 3.62. The summed E-state index contributed by atoms with van der Waals surface area (Å²) in [6.07, 6.45) is 2.55. The number of hydrogen-bond donors (Lipinski definition) is 2. The van der Waals surface area contributed by atoms with Crippen LogP contribution >= 0.6 is 24.0 Å². The van der Waals surface area contributed by atoms with Crippen molar-refractivity contribution in [2.45, 2.75) is 31.7 Å². The van der Waals surface area contributed by atoms with Gasteiger partial charge in [-0.25, -0.2) is 0 Å². The van der Waals surface area contributed by atoms with E-state index in [0.29, 0.717) is 5.02 Å². The zero-order valence-corrected chi connectivity index (χ0v) is 11.2. The van der Waals surface area contributed by atoms with Gasteiger partial charge in [-0.2, -0.15) is 0 Å². The summed E-state index contributed by atoms with van der Waals surface area (Å²) in [6, 6.07) is 5.45. The van der Waals surface area contributed by atoms with Gasteiger partial charge in [0.2, 0.25) is 5.91 Å². The Kier molecular flexibility index (Phi) is 4.42. The Hall–Kier alpha value is -0.770. The summed E-state index contributed by atoms with van der Waals surface area (Å²) in [5.74, 6) is -0.107. The first-order valence-corrected chi connectivity index (χ1v) is 5.76. The number of hydrogen-bond acceptors (Lipinski definition) is 2. The highest BCUT2D eigenvalue weighted by atomic mass is 35.5. The van der Waals surface area contributed by atoms with E-state index in [0.717, 1.165) is 30.5 Å². The van der Waals surface area contributed by atoms with Gasteiger partial charge in [0.15, 0.2) is 0 Å². The van der Waals surface area contributed by atoms with E-state index in [9.17, 15) is 4.79 Å². The third-order valence-electron chi connectivity index (χ3n) is 3.21. The van der Waals surface area contributed by atoms with Crippen LogP contribution in [-0.2, 0) is 4.79 Å². The molecule has 0 aliphatic heterocycles. The van der Waals surface area contributed by atoms with Crippen LogP contribution < -0.4 is 11.1 Å². The molecule has 1 aliphatic rings.